The van der Waals surface area contributed by atoms with Crippen LogP contribution in [0.5, 0.6) is 0 Å². The summed E-state index contributed by atoms with van der Waals surface area (Å²) in [6.07, 6.45) is 7.00. The zero-order valence-electron chi connectivity index (χ0n) is 7.08. The Balaban J connectivity index is 0.000000206. The maximum absolute atomic E-state index is 3.78. The van der Waals surface area contributed by atoms with Crippen LogP contribution in [-0.2, 0) is 21.1 Å². The summed E-state index contributed by atoms with van der Waals surface area (Å²) in [4.78, 5) is 7.57. The number of pyridine rings is 2. The van der Waals surface area contributed by atoms with Gasteiger partial charge in [-0.2, -0.15) is 0 Å². The summed E-state index contributed by atoms with van der Waals surface area (Å²) in [7, 11) is 0. The van der Waals surface area contributed by atoms with Gasteiger partial charge in [-0.25, -0.2) is 0 Å². The van der Waals surface area contributed by atoms with E-state index in [1.54, 1.807) is 24.8 Å². The summed E-state index contributed by atoms with van der Waals surface area (Å²) < 4.78 is 0. The normalized spacial score (nSPS) is 7.38. The molecule has 2 heterocycles. The van der Waals surface area contributed by atoms with E-state index in [1.807, 2.05) is 36.4 Å². The fourth-order valence-corrected chi connectivity index (χ4v) is 0.625. The van der Waals surface area contributed by atoms with Gasteiger partial charge in [-0.05, 0) is 24.3 Å². The van der Waals surface area contributed by atoms with Crippen molar-refractivity contribution in [3.8, 4) is 0 Å². The molecule has 0 aliphatic heterocycles. The molecule has 66 valence electrons. The second-order valence-corrected chi connectivity index (χ2v) is 2.05. The molecule has 0 spiro atoms. The van der Waals surface area contributed by atoms with Crippen molar-refractivity contribution in [3.05, 3.63) is 61.2 Å². The van der Waals surface area contributed by atoms with Crippen LogP contribution in [0.15, 0.2) is 61.2 Å². The SMILES string of the molecule is [Mo].c1ccncc1.c1ccncc1. The molecule has 0 aliphatic carbocycles. The van der Waals surface area contributed by atoms with Gasteiger partial charge in [0.15, 0.2) is 0 Å². The molecule has 2 nitrogen and oxygen atoms in total. The maximum Gasteiger partial charge on any atom is 0.0267 e. The first-order valence-corrected chi connectivity index (χ1v) is 3.70. The molecule has 13 heavy (non-hydrogen) atoms. The van der Waals surface area contributed by atoms with Crippen molar-refractivity contribution < 1.29 is 21.1 Å². The van der Waals surface area contributed by atoms with Crippen molar-refractivity contribution in [2.45, 2.75) is 0 Å². The fraction of sp³-hybridized carbons (Fsp3) is 0. The predicted molar refractivity (Wildman–Crippen MR) is 48.5 cm³/mol. The molecular weight excluding hydrogens is 244 g/mol. The minimum atomic E-state index is 0. The van der Waals surface area contributed by atoms with Gasteiger partial charge in [-0.3, -0.25) is 9.97 Å². The first-order valence-electron chi connectivity index (χ1n) is 3.70. The molecule has 0 bridgehead atoms. The number of nitrogens with zero attached hydrogens (tertiary/aromatic N) is 2. The number of hydrogen-bond acceptors (Lipinski definition) is 2. The summed E-state index contributed by atoms with van der Waals surface area (Å²) in [5, 5.41) is 0. The van der Waals surface area contributed by atoms with Gasteiger partial charge >= 0.3 is 0 Å². The average Bonchev–Trinajstić information content (AvgIpc) is 2.24. The minimum Gasteiger partial charge on any atom is -0.265 e. The first kappa shape index (κ1) is 12.0. The van der Waals surface area contributed by atoms with Crippen molar-refractivity contribution in [2.75, 3.05) is 0 Å². The Morgan fingerprint density at radius 2 is 0.769 bits per heavy atom. The second-order valence-electron chi connectivity index (χ2n) is 2.05. The van der Waals surface area contributed by atoms with Crippen LogP contribution in [-0.4, -0.2) is 9.97 Å². The van der Waals surface area contributed by atoms with E-state index in [2.05, 4.69) is 9.97 Å². The summed E-state index contributed by atoms with van der Waals surface area (Å²) in [5.74, 6) is 0. The zero-order chi connectivity index (χ0) is 8.49. The van der Waals surface area contributed by atoms with Crippen LogP contribution in [0.25, 0.3) is 0 Å². The molecule has 0 fully saturated rings. The van der Waals surface area contributed by atoms with Gasteiger partial charge in [0.25, 0.3) is 0 Å². The molecule has 0 amide bonds. The Morgan fingerprint density at radius 3 is 0.846 bits per heavy atom. The molecule has 0 radical (unpaired) electrons. The molecule has 3 heteroatoms. The monoisotopic (exact) mass is 256 g/mol. The molecule has 0 aromatic carbocycles. The molecule has 0 saturated heterocycles. The molecule has 0 atom stereocenters. The number of rotatable bonds is 0. The van der Waals surface area contributed by atoms with E-state index in [0.29, 0.717) is 0 Å². The average molecular weight is 254 g/mol. The second kappa shape index (κ2) is 9.08. The van der Waals surface area contributed by atoms with Crippen molar-refractivity contribution in [3.63, 3.8) is 0 Å². The van der Waals surface area contributed by atoms with Crippen LogP contribution >= 0.6 is 0 Å². The van der Waals surface area contributed by atoms with Gasteiger partial charge in [0.05, 0.1) is 0 Å². The first-order chi connectivity index (χ1) is 6.00. The predicted octanol–water partition coefficient (Wildman–Crippen LogP) is 2.16. The van der Waals surface area contributed by atoms with E-state index in [0.717, 1.165) is 0 Å². The van der Waals surface area contributed by atoms with Crippen molar-refractivity contribution in [2.24, 2.45) is 0 Å². The molecule has 0 aliphatic rings. The van der Waals surface area contributed by atoms with Crippen LogP contribution < -0.4 is 0 Å². The van der Waals surface area contributed by atoms with Gasteiger partial charge in [0.2, 0.25) is 0 Å². The summed E-state index contributed by atoms with van der Waals surface area (Å²) >= 11 is 0. The molecule has 2 rings (SSSR count). The Bertz CT molecular complexity index is 188. The van der Waals surface area contributed by atoms with Gasteiger partial charge in [-0.1, -0.05) is 12.1 Å². The Labute approximate surface area is 92.3 Å². The summed E-state index contributed by atoms with van der Waals surface area (Å²) in [5.41, 5.74) is 0. The molecule has 0 unspecified atom stereocenters. The Hall–Kier alpha value is -1.01. The fourth-order valence-electron chi connectivity index (χ4n) is 0.625. The molecule has 0 saturated carbocycles. The van der Waals surface area contributed by atoms with Gasteiger partial charge < -0.3 is 0 Å². The third kappa shape index (κ3) is 7.35. The van der Waals surface area contributed by atoms with Crippen LogP contribution in [0, 0.1) is 0 Å². The van der Waals surface area contributed by atoms with Crippen LogP contribution in [0.3, 0.4) is 0 Å². The topological polar surface area (TPSA) is 25.8 Å². The summed E-state index contributed by atoms with van der Waals surface area (Å²) in [6, 6.07) is 11.4. The van der Waals surface area contributed by atoms with Crippen LogP contribution in [0.1, 0.15) is 0 Å². The van der Waals surface area contributed by atoms with Crippen molar-refractivity contribution >= 4 is 0 Å². The molecular formula is C10H10MoN2. The number of hydrogen-bond donors (Lipinski definition) is 0. The Morgan fingerprint density at radius 1 is 0.462 bits per heavy atom. The third-order valence-electron chi connectivity index (χ3n) is 1.13. The Kier molecular flexibility index (Phi) is 8.37. The van der Waals surface area contributed by atoms with E-state index in [-0.39, 0.29) is 21.1 Å². The van der Waals surface area contributed by atoms with Crippen LogP contribution in [0.2, 0.25) is 0 Å². The molecule has 0 N–H and O–H groups in total. The van der Waals surface area contributed by atoms with E-state index in [4.69, 9.17) is 0 Å². The van der Waals surface area contributed by atoms with Crippen molar-refractivity contribution in [1.82, 2.24) is 9.97 Å². The maximum atomic E-state index is 3.78. The standard InChI is InChI=1S/2C5H5N.Mo/c2*1-2-4-6-5-3-1;/h2*1-5H;. The van der Waals surface area contributed by atoms with Gasteiger partial charge in [0, 0.05) is 45.9 Å². The van der Waals surface area contributed by atoms with E-state index in [9.17, 15) is 0 Å². The van der Waals surface area contributed by atoms with E-state index >= 15 is 0 Å². The van der Waals surface area contributed by atoms with E-state index < -0.39 is 0 Å². The van der Waals surface area contributed by atoms with Gasteiger partial charge in [-0.15, -0.1) is 0 Å². The number of aromatic nitrogens is 2. The minimum absolute atomic E-state index is 0. The third-order valence-corrected chi connectivity index (χ3v) is 1.13. The summed E-state index contributed by atoms with van der Waals surface area (Å²) in [6.45, 7) is 0. The molecule has 2 aromatic heterocycles. The molecule has 2 aromatic rings. The van der Waals surface area contributed by atoms with Crippen molar-refractivity contribution in [1.29, 1.82) is 0 Å². The quantitative estimate of drug-likeness (QED) is 0.673. The zero-order valence-corrected chi connectivity index (χ0v) is 9.08. The van der Waals surface area contributed by atoms with Gasteiger partial charge in [0.1, 0.15) is 0 Å². The smallest absolute Gasteiger partial charge is 0.0267 e. The van der Waals surface area contributed by atoms with Crippen LogP contribution in [0.4, 0.5) is 0 Å². The van der Waals surface area contributed by atoms with E-state index in [1.165, 1.54) is 0 Å². The largest absolute Gasteiger partial charge is 0.265 e.